The molecule has 1 atom stereocenters. The molecule has 24 heavy (non-hydrogen) atoms. The van der Waals surface area contributed by atoms with Gasteiger partial charge in [0.25, 0.3) is 5.91 Å². The summed E-state index contributed by atoms with van der Waals surface area (Å²) in [5.74, 6) is -0.0166. The number of carbonyl (C=O) groups excluding carboxylic acids is 1. The number of carbonyl (C=O) groups is 1. The summed E-state index contributed by atoms with van der Waals surface area (Å²) < 4.78 is 5.71. The van der Waals surface area contributed by atoms with Gasteiger partial charge >= 0.3 is 0 Å². The van der Waals surface area contributed by atoms with E-state index in [0.29, 0.717) is 28.7 Å². The Hall–Kier alpha value is -1.55. The van der Waals surface area contributed by atoms with Crippen LogP contribution in [0.25, 0.3) is 0 Å². The fraction of sp³-hybridized carbons (Fsp3) is 0.316. The highest BCUT2D eigenvalue weighted by Gasteiger charge is 2.23. The first-order valence-corrected chi connectivity index (χ1v) is 8.78. The maximum absolute atomic E-state index is 12.9. The third-order valence-electron chi connectivity index (χ3n) is 4.11. The Labute approximate surface area is 152 Å². The lowest BCUT2D eigenvalue weighted by atomic mass is 10.1. The quantitative estimate of drug-likeness (QED) is 0.762. The molecule has 1 saturated heterocycles. The smallest absolute Gasteiger partial charge is 0.254 e. The summed E-state index contributed by atoms with van der Waals surface area (Å²) in [6.45, 7) is 1.89. The van der Waals surface area contributed by atoms with Crippen molar-refractivity contribution in [3.8, 4) is 0 Å². The molecule has 0 bridgehead atoms. The van der Waals surface area contributed by atoms with Crippen LogP contribution in [0.4, 0.5) is 0 Å². The molecule has 0 saturated carbocycles. The van der Waals surface area contributed by atoms with Gasteiger partial charge in [0.05, 0.1) is 6.10 Å². The average Bonchev–Trinajstić information content (AvgIpc) is 3.09. The summed E-state index contributed by atoms with van der Waals surface area (Å²) in [6, 6.07) is 14.6. The van der Waals surface area contributed by atoms with Gasteiger partial charge in [-0.1, -0.05) is 35.3 Å². The Morgan fingerprint density at radius 3 is 2.25 bits per heavy atom. The van der Waals surface area contributed by atoms with Gasteiger partial charge in [0.1, 0.15) is 0 Å². The minimum absolute atomic E-state index is 0.0166. The van der Waals surface area contributed by atoms with Gasteiger partial charge in [-0.2, -0.15) is 0 Å². The molecule has 5 heteroatoms. The molecule has 1 aliphatic rings. The van der Waals surface area contributed by atoms with E-state index in [1.807, 2.05) is 29.2 Å². The number of halogens is 2. The molecule has 1 aliphatic heterocycles. The number of ether oxygens (including phenoxy) is 1. The summed E-state index contributed by atoms with van der Waals surface area (Å²) >= 11 is 11.9. The first-order valence-electron chi connectivity index (χ1n) is 8.03. The van der Waals surface area contributed by atoms with E-state index in [9.17, 15) is 4.79 Å². The average molecular weight is 364 g/mol. The minimum Gasteiger partial charge on any atom is -0.376 e. The van der Waals surface area contributed by atoms with Gasteiger partial charge in [-0.15, -0.1) is 0 Å². The molecular weight excluding hydrogens is 345 g/mol. The highest BCUT2D eigenvalue weighted by Crippen LogP contribution is 2.19. The predicted molar refractivity (Wildman–Crippen MR) is 96.6 cm³/mol. The van der Waals surface area contributed by atoms with Gasteiger partial charge in [-0.25, -0.2) is 0 Å². The van der Waals surface area contributed by atoms with Crippen molar-refractivity contribution in [2.45, 2.75) is 25.5 Å². The maximum atomic E-state index is 12.9. The van der Waals surface area contributed by atoms with Crippen molar-refractivity contribution in [3.63, 3.8) is 0 Å². The molecule has 0 spiro atoms. The standard InChI is InChI=1S/C19H19Cl2NO2/c20-16-7-3-14(4-8-16)12-22(13-18-2-1-11-24-18)19(23)15-5-9-17(21)10-6-15/h3-10,18H,1-2,11-13H2/t18-/m1/s1. The number of benzene rings is 2. The van der Waals surface area contributed by atoms with Crippen LogP contribution in [0.1, 0.15) is 28.8 Å². The van der Waals surface area contributed by atoms with Crippen molar-refractivity contribution in [2.24, 2.45) is 0 Å². The van der Waals surface area contributed by atoms with Crippen molar-refractivity contribution in [2.75, 3.05) is 13.2 Å². The third kappa shape index (κ3) is 4.50. The van der Waals surface area contributed by atoms with Crippen LogP contribution in [0.5, 0.6) is 0 Å². The van der Waals surface area contributed by atoms with Gasteiger partial charge < -0.3 is 9.64 Å². The van der Waals surface area contributed by atoms with E-state index < -0.39 is 0 Å². The van der Waals surface area contributed by atoms with Crippen LogP contribution >= 0.6 is 23.2 Å². The van der Waals surface area contributed by atoms with Crippen LogP contribution in [-0.2, 0) is 11.3 Å². The van der Waals surface area contributed by atoms with Crippen molar-refractivity contribution in [1.29, 1.82) is 0 Å². The molecule has 1 fully saturated rings. The van der Waals surface area contributed by atoms with Crippen molar-refractivity contribution in [1.82, 2.24) is 4.90 Å². The van der Waals surface area contributed by atoms with E-state index in [2.05, 4.69) is 0 Å². The fourth-order valence-electron chi connectivity index (χ4n) is 2.84. The number of nitrogens with zero attached hydrogens (tertiary/aromatic N) is 1. The molecule has 0 radical (unpaired) electrons. The Morgan fingerprint density at radius 1 is 1.04 bits per heavy atom. The molecule has 0 unspecified atom stereocenters. The molecule has 2 aromatic rings. The zero-order valence-electron chi connectivity index (χ0n) is 13.3. The molecule has 0 aromatic heterocycles. The normalized spacial score (nSPS) is 17.0. The lowest BCUT2D eigenvalue weighted by Crippen LogP contribution is -2.36. The second kappa shape index (κ2) is 8.02. The SMILES string of the molecule is O=C(c1ccc(Cl)cc1)N(Cc1ccc(Cl)cc1)C[C@H]1CCCO1. The Morgan fingerprint density at radius 2 is 1.67 bits per heavy atom. The molecule has 3 rings (SSSR count). The van der Waals surface area contributed by atoms with Gasteiger partial charge in [0.15, 0.2) is 0 Å². The zero-order valence-corrected chi connectivity index (χ0v) is 14.8. The first-order chi connectivity index (χ1) is 11.6. The van der Waals surface area contributed by atoms with Crippen LogP contribution in [0.3, 0.4) is 0 Å². The topological polar surface area (TPSA) is 29.5 Å². The lowest BCUT2D eigenvalue weighted by molar-refractivity contribution is 0.0507. The van der Waals surface area contributed by atoms with Gasteiger partial charge in [-0.3, -0.25) is 4.79 Å². The Balaban J connectivity index is 1.78. The third-order valence-corrected chi connectivity index (χ3v) is 4.62. The van der Waals surface area contributed by atoms with Crippen molar-refractivity contribution in [3.05, 3.63) is 69.7 Å². The second-order valence-corrected chi connectivity index (χ2v) is 6.83. The summed E-state index contributed by atoms with van der Waals surface area (Å²) in [4.78, 5) is 14.8. The Kier molecular flexibility index (Phi) is 5.77. The van der Waals surface area contributed by atoms with Crippen LogP contribution < -0.4 is 0 Å². The molecule has 1 heterocycles. The second-order valence-electron chi connectivity index (χ2n) is 5.95. The molecular formula is C19H19Cl2NO2. The number of hydrogen-bond acceptors (Lipinski definition) is 2. The van der Waals surface area contributed by atoms with E-state index in [1.165, 1.54) is 0 Å². The largest absolute Gasteiger partial charge is 0.376 e. The van der Waals surface area contributed by atoms with Crippen molar-refractivity contribution >= 4 is 29.1 Å². The van der Waals surface area contributed by atoms with E-state index in [-0.39, 0.29) is 12.0 Å². The highest BCUT2D eigenvalue weighted by molar-refractivity contribution is 6.30. The van der Waals surface area contributed by atoms with E-state index in [0.717, 1.165) is 25.0 Å². The minimum atomic E-state index is -0.0166. The summed E-state index contributed by atoms with van der Waals surface area (Å²) in [6.07, 6.45) is 2.15. The van der Waals surface area contributed by atoms with Gasteiger partial charge in [0, 0.05) is 35.3 Å². The molecule has 0 N–H and O–H groups in total. The lowest BCUT2D eigenvalue weighted by Gasteiger charge is -2.26. The summed E-state index contributed by atoms with van der Waals surface area (Å²) in [7, 11) is 0. The zero-order chi connectivity index (χ0) is 16.9. The van der Waals surface area contributed by atoms with Crippen LogP contribution in [0.2, 0.25) is 10.0 Å². The summed E-state index contributed by atoms with van der Waals surface area (Å²) in [5.41, 5.74) is 1.67. The maximum Gasteiger partial charge on any atom is 0.254 e. The van der Waals surface area contributed by atoms with Crippen LogP contribution in [0, 0.1) is 0 Å². The molecule has 3 nitrogen and oxygen atoms in total. The monoisotopic (exact) mass is 363 g/mol. The molecule has 1 amide bonds. The molecule has 126 valence electrons. The summed E-state index contributed by atoms with van der Waals surface area (Å²) in [5, 5.41) is 1.31. The van der Waals surface area contributed by atoms with E-state index in [4.69, 9.17) is 27.9 Å². The van der Waals surface area contributed by atoms with E-state index >= 15 is 0 Å². The van der Waals surface area contributed by atoms with Crippen LogP contribution in [-0.4, -0.2) is 30.1 Å². The fourth-order valence-corrected chi connectivity index (χ4v) is 3.09. The van der Waals surface area contributed by atoms with Gasteiger partial charge in [0.2, 0.25) is 0 Å². The number of amides is 1. The Bertz CT molecular complexity index is 680. The highest BCUT2D eigenvalue weighted by atomic mass is 35.5. The van der Waals surface area contributed by atoms with Gasteiger partial charge in [-0.05, 0) is 54.8 Å². The van der Waals surface area contributed by atoms with Crippen LogP contribution in [0.15, 0.2) is 48.5 Å². The molecule has 0 aliphatic carbocycles. The number of hydrogen-bond donors (Lipinski definition) is 0. The predicted octanol–water partition coefficient (Wildman–Crippen LogP) is 4.81. The number of rotatable bonds is 5. The molecule has 2 aromatic carbocycles. The van der Waals surface area contributed by atoms with Crippen molar-refractivity contribution < 1.29 is 9.53 Å². The van der Waals surface area contributed by atoms with E-state index in [1.54, 1.807) is 24.3 Å². The first kappa shape index (κ1) is 17.3.